The van der Waals surface area contributed by atoms with E-state index in [0.717, 1.165) is 38.5 Å². The molecule has 2 atom stereocenters. The molecular formula is C15H22F2O5S. The van der Waals surface area contributed by atoms with Crippen molar-refractivity contribution in [3.8, 4) is 0 Å². The van der Waals surface area contributed by atoms with Crippen LogP contribution in [0.2, 0.25) is 0 Å². The number of rotatable bonds is 4. The number of hydrogen-bond donors (Lipinski definition) is 1. The van der Waals surface area contributed by atoms with Gasteiger partial charge in [-0.1, -0.05) is 13.8 Å². The Hall–Kier alpha value is -0.760. The van der Waals surface area contributed by atoms with Crippen molar-refractivity contribution in [1.29, 1.82) is 0 Å². The largest absolute Gasteiger partial charge is 0.465 e. The van der Waals surface area contributed by atoms with Gasteiger partial charge in [0.1, 0.15) is 0 Å². The van der Waals surface area contributed by atoms with Crippen LogP contribution in [0, 0.1) is 22.2 Å². The molecule has 4 aliphatic rings. The topological polar surface area (TPSA) is 80.7 Å². The van der Waals surface area contributed by atoms with Gasteiger partial charge in [0.25, 0.3) is 0 Å². The van der Waals surface area contributed by atoms with E-state index in [1.54, 1.807) is 0 Å². The van der Waals surface area contributed by atoms with Crippen LogP contribution in [-0.2, 0) is 19.6 Å². The maximum atomic E-state index is 13.3. The summed E-state index contributed by atoms with van der Waals surface area (Å²) in [7, 11) is -5.81. The lowest BCUT2D eigenvalue weighted by Gasteiger charge is -2.65. The Morgan fingerprint density at radius 3 is 2.13 bits per heavy atom. The maximum Gasteiger partial charge on any atom is 0.465 e. The van der Waals surface area contributed by atoms with E-state index in [2.05, 4.69) is 18.6 Å². The van der Waals surface area contributed by atoms with Crippen LogP contribution in [-0.4, -0.2) is 30.8 Å². The molecule has 0 aromatic carbocycles. The first kappa shape index (κ1) is 17.1. The normalized spacial score (nSPS) is 42.7. The maximum absolute atomic E-state index is 13.3. The second-order valence-electron chi connectivity index (χ2n) is 8.70. The number of ether oxygens (including phenoxy) is 1. The second kappa shape index (κ2) is 4.65. The van der Waals surface area contributed by atoms with Gasteiger partial charge in [-0.25, -0.2) is 4.79 Å². The predicted molar refractivity (Wildman–Crippen MR) is 77.3 cm³/mol. The van der Waals surface area contributed by atoms with E-state index in [1.165, 1.54) is 0 Å². The molecule has 0 saturated heterocycles. The molecule has 4 rings (SSSR count). The molecule has 0 aliphatic heterocycles. The van der Waals surface area contributed by atoms with Crippen LogP contribution in [0.25, 0.3) is 0 Å². The molecule has 0 heterocycles. The third kappa shape index (κ3) is 2.77. The van der Waals surface area contributed by atoms with E-state index in [0.29, 0.717) is 5.92 Å². The molecule has 0 amide bonds. The fraction of sp³-hybridized carbons (Fsp3) is 0.933. The number of halogens is 2. The second-order valence-corrected chi connectivity index (χ2v) is 10.2. The van der Waals surface area contributed by atoms with Crippen LogP contribution in [0.1, 0.15) is 52.4 Å². The molecule has 23 heavy (non-hydrogen) atoms. The summed E-state index contributed by atoms with van der Waals surface area (Å²) < 4.78 is 61.1. The van der Waals surface area contributed by atoms with Gasteiger partial charge in [0.05, 0.1) is 6.61 Å². The lowest BCUT2D eigenvalue weighted by molar-refractivity contribution is -0.187. The van der Waals surface area contributed by atoms with Gasteiger partial charge in [-0.3, -0.25) is 4.55 Å². The van der Waals surface area contributed by atoms with Crippen LogP contribution in [0.5, 0.6) is 0 Å². The van der Waals surface area contributed by atoms with Gasteiger partial charge in [0, 0.05) is 5.41 Å². The first-order chi connectivity index (χ1) is 10.3. The summed E-state index contributed by atoms with van der Waals surface area (Å²) in [4.78, 5) is 11.5. The zero-order valence-electron chi connectivity index (χ0n) is 13.3. The fourth-order valence-corrected chi connectivity index (χ4v) is 6.52. The highest BCUT2D eigenvalue weighted by atomic mass is 32.2. The van der Waals surface area contributed by atoms with E-state index in [4.69, 9.17) is 4.55 Å². The molecule has 4 bridgehead atoms. The molecular weight excluding hydrogens is 330 g/mol. The van der Waals surface area contributed by atoms with Crippen LogP contribution < -0.4 is 0 Å². The van der Waals surface area contributed by atoms with Crippen LogP contribution in [0.4, 0.5) is 8.78 Å². The Balaban J connectivity index is 1.75. The highest BCUT2D eigenvalue weighted by molar-refractivity contribution is 7.87. The summed E-state index contributed by atoms with van der Waals surface area (Å²) in [6.45, 7) is 4.18. The van der Waals surface area contributed by atoms with Crippen LogP contribution >= 0.6 is 0 Å². The lowest BCUT2D eigenvalue weighted by Crippen LogP contribution is -2.56. The van der Waals surface area contributed by atoms with Crippen molar-refractivity contribution in [3.63, 3.8) is 0 Å². The zero-order valence-corrected chi connectivity index (χ0v) is 14.1. The minimum atomic E-state index is -5.81. The van der Waals surface area contributed by atoms with Gasteiger partial charge in [0.15, 0.2) is 0 Å². The number of esters is 1. The van der Waals surface area contributed by atoms with Gasteiger partial charge < -0.3 is 4.74 Å². The van der Waals surface area contributed by atoms with Crippen molar-refractivity contribution in [1.82, 2.24) is 0 Å². The molecule has 5 nitrogen and oxygen atoms in total. The number of carbonyl (C=O) groups is 1. The number of hydrogen-bond acceptors (Lipinski definition) is 4. The molecule has 0 spiro atoms. The number of alkyl halides is 2. The Morgan fingerprint density at radius 1 is 1.17 bits per heavy atom. The Bertz CT molecular complexity index is 626. The average molecular weight is 352 g/mol. The molecule has 0 aromatic heterocycles. The summed E-state index contributed by atoms with van der Waals surface area (Å²) >= 11 is 0. The van der Waals surface area contributed by atoms with Gasteiger partial charge >= 0.3 is 21.3 Å². The van der Waals surface area contributed by atoms with Crippen LogP contribution in [0.3, 0.4) is 0 Å². The Kier molecular flexibility index (Phi) is 3.46. The first-order valence-corrected chi connectivity index (χ1v) is 9.25. The third-order valence-corrected chi connectivity index (χ3v) is 6.63. The van der Waals surface area contributed by atoms with E-state index >= 15 is 0 Å². The summed E-state index contributed by atoms with van der Waals surface area (Å²) in [6, 6.07) is 0. The minimum absolute atomic E-state index is 0.131. The highest BCUT2D eigenvalue weighted by Crippen LogP contribution is 2.69. The summed E-state index contributed by atoms with van der Waals surface area (Å²) in [5, 5.41) is -4.91. The molecule has 0 radical (unpaired) electrons. The summed E-state index contributed by atoms with van der Waals surface area (Å²) in [5.74, 6) is -1.69. The van der Waals surface area contributed by atoms with Crippen molar-refractivity contribution in [2.75, 3.05) is 6.61 Å². The molecule has 132 valence electrons. The van der Waals surface area contributed by atoms with Crippen molar-refractivity contribution in [2.24, 2.45) is 22.2 Å². The molecule has 8 heteroatoms. The first-order valence-electron chi connectivity index (χ1n) is 7.81. The molecule has 4 aliphatic carbocycles. The highest BCUT2D eigenvalue weighted by Gasteiger charge is 2.61. The predicted octanol–water partition coefficient (Wildman–Crippen LogP) is 3.01. The standard InChI is InChI=1S/C15H22F2O5S/c1-12-3-10-4-13(2,6-12)8-14(5-10,7-12)9-22-11(18)15(16,17)23(19,20)21/h10H,3-9H2,1-2H3,(H,19,20,21). The van der Waals surface area contributed by atoms with Gasteiger partial charge in [-0.05, 0) is 55.3 Å². The van der Waals surface area contributed by atoms with Crippen molar-refractivity contribution >= 4 is 16.1 Å². The zero-order chi connectivity index (χ0) is 17.3. The fourth-order valence-electron chi connectivity index (χ4n) is 6.25. The van der Waals surface area contributed by atoms with E-state index < -0.39 is 21.3 Å². The molecule has 4 fully saturated rings. The quantitative estimate of drug-likeness (QED) is 0.621. The monoisotopic (exact) mass is 352 g/mol. The van der Waals surface area contributed by atoms with E-state index in [1.807, 2.05) is 0 Å². The summed E-state index contributed by atoms with van der Waals surface area (Å²) in [5.41, 5.74) is -0.0911. The van der Waals surface area contributed by atoms with Crippen molar-refractivity contribution in [3.05, 3.63) is 0 Å². The number of carbonyl (C=O) groups excluding carboxylic acids is 1. The van der Waals surface area contributed by atoms with E-state index in [9.17, 15) is 22.0 Å². The van der Waals surface area contributed by atoms with Crippen molar-refractivity contribution < 1.29 is 31.3 Å². The molecule has 4 saturated carbocycles. The Labute approximate surface area is 134 Å². The molecule has 0 aromatic rings. The SMILES string of the molecule is CC12CC3CC(C)(C1)CC(COC(=O)C(F)(F)S(=O)(=O)O)(C3)C2. The smallest absolute Gasteiger partial charge is 0.460 e. The Morgan fingerprint density at radius 2 is 1.70 bits per heavy atom. The third-order valence-electron chi connectivity index (χ3n) is 5.81. The lowest BCUT2D eigenvalue weighted by atomic mass is 9.40. The minimum Gasteiger partial charge on any atom is -0.460 e. The van der Waals surface area contributed by atoms with E-state index in [-0.39, 0.29) is 22.9 Å². The molecule has 2 unspecified atom stereocenters. The summed E-state index contributed by atoms with van der Waals surface area (Å²) in [6.07, 6.45) is 5.74. The van der Waals surface area contributed by atoms with Gasteiger partial charge in [-0.15, -0.1) is 0 Å². The van der Waals surface area contributed by atoms with Gasteiger partial charge in [0.2, 0.25) is 0 Å². The van der Waals surface area contributed by atoms with Crippen molar-refractivity contribution in [2.45, 2.75) is 57.6 Å². The van der Waals surface area contributed by atoms with Crippen LogP contribution in [0.15, 0.2) is 0 Å². The van der Waals surface area contributed by atoms with Gasteiger partial charge in [-0.2, -0.15) is 17.2 Å². The molecule has 1 N–H and O–H groups in total. The average Bonchev–Trinajstić information content (AvgIpc) is 2.29.